The fourth-order valence-corrected chi connectivity index (χ4v) is 2.72. The summed E-state index contributed by atoms with van der Waals surface area (Å²) in [5, 5.41) is 9.75. The number of hydrogen-bond acceptors (Lipinski definition) is 4. The van der Waals surface area contributed by atoms with Crippen molar-refractivity contribution in [2.45, 2.75) is 52.7 Å². The smallest absolute Gasteiger partial charge is 0.263 e. The van der Waals surface area contributed by atoms with Crippen LogP contribution in [0.2, 0.25) is 0 Å². The van der Waals surface area contributed by atoms with Gasteiger partial charge in [-0.2, -0.15) is 0 Å². The quantitative estimate of drug-likeness (QED) is 0.499. The molecule has 2 rings (SSSR count). The Morgan fingerprint density at radius 1 is 1.00 bits per heavy atom. The van der Waals surface area contributed by atoms with Crippen LogP contribution in [0.3, 0.4) is 0 Å². The van der Waals surface area contributed by atoms with Gasteiger partial charge in [-0.25, -0.2) is 0 Å². The summed E-state index contributed by atoms with van der Waals surface area (Å²) in [6, 6.07) is 17.5. The van der Waals surface area contributed by atoms with E-state index in [2.05, 4.69) is 27.9 Å². The van der Waals surface area contributed by atoms with Crippen LogP contribution >= 0.6 is 0 Å². The van der Waals surface area contributed by atoms with Crippen molar-refractivity contribution >= 4 is 23.2 Å². The van der Waals surface area contributed by atoms with Crippen molar-refractivity contribution in [3.05, 3.63) is 65.7 Å². The summed E-state index contributed by atoms with van der Waals surface area (Å²) in [6.07, 6.45) is 1.07. The van der Waals surface area contributed by atoms with E-state index in [0.29, 0.717) is 11.4 Å². The average molecular weight is 396 g/mol. The molecule has 0 radical (unpaired) electrons. The van der Waals surface area contributed by atoms with Gasteiger partial charge in [0.05, 0.1) is 5.71 Å². The summed E-state index contributed by atoms with van der Waals surface area (Å²) in [7, 11) is 0. The van der Waals surface area contributed by atoms with E-state index in [-0.39, 0.29) is 17.9 Å². The van der Waals surface area contributed by atoms with E-state index in [1.807, 2.05) is 37.3 Å². The molecule has 2 atom stereocenters. The zero-order valence-corrected chi connectivity index (χ0v) is 17.4. The second-order valence-corrected chi connectivity index (χ2v) is 7.12. The first-order valence-electron chi connectivity index (χ1n) is 9.78. The number of nitrogens with one attached hydrogen (secondary N) is 2. The van der Waals surface area contributed by atoms with Gasteiger partial charge in [-0.15, -0.1) is 0 Å². The fraction of sp³-hybridized carbons (Fsp3) is 0.348. The standard InChI is InChI=1S/C23H29N3O3/c1-16(10-11-20-8-6-5-7-9-20)24-23(28)18(3)29-26-17(2)21-12-14-22(15-13-21)25-19(4)27/h5-9,12-16,18H,10-11H2,1-4H3,(H,24,28)(H,25,27)/b26-17+. The van der Waals surface area contributed by atoms with Crippen LogP contribution in [0.1, 0.15) is 45.2 Å². The van der Waals surface area contributed by atoms with Crippen LogP contribution in [-0.4, -0.2) is 29.7 Å². The van der Waals surface area contributed by atoms with Gasteiger partial charge >= 0.3 is 0 Å². The molecule has 2 amide bonds. The number of carbonyl (C=O) groups excluding carboxylic acids is 2. The van der Waals surface area contributed by atoms with E-state index in [0.717, 1.165) is 18.4 Å². The molecule has 0 bridgehead atoms. The predicted octanol–water partition coefficient (Wildman–Crippen LogP) is 3.91. The number of benzene rings is 2. The third-order valence-electron chi connectivity index (χ3n) is 4.44. The number of rotatable bonds is 9. The highest BCUT2D eigenvalue weighted by molar-refractivity contribution is 5.99. The molecule has 2 unspecified atom stereocenters. The number of aryl methyl sites for hydroxylation is 1. The van der Waals surface area contributed by atoms with Crippen LogP contribution in [0.5, 0.6) is 0 Å². The van der Waals surface area contributed by atoms with E-state index < -0.39 is 6.10 Å². The van der Waals surface area contributed by atoms with Crippen molar-refractivity contribution in [1.29, 1.82) is 0 Å². The Morgan fingerprint density at radius 3 is 2.28 bits per heavy atom. The molecule has 2 aromatic rings. The van der Waals surface area contributed by atoms with Crippen LogP contribution in [0, 0.1) is 0 Å². The van der Waals surface area contributed by atoms with E-state index >= 15 is 0 Å². The van der Waals surface area contributed by atoms with Gasteiger partial charge < -0.3 is 15.5 Å². The SMILES string of the molecule is CC(=O)Nc1ccc(/C(C)=N/OC(C)C(=O)NC(C)CCc2ccccc2)cc1. The van der Waals surface area contributed by atoms with E-state index in [4.69, 9.17) is 4.84 Å². The molecule has 0 aliphatic heterocycles. The summed E-state index contributed by atoms with van der Waals surface area (Å²) < 4.78 is 0. The Morgan fingerprint density at radius 2 is 1.66 bits per heavy atom. The molecule has 2 N–H and O–H groups in total. The third-order valence-corrected chi connectivity index (χ3v) is 4.44. The number of carbonyl (C=O) groups is 2. The lowest BCUT2D eigenvalue weighted by Gasteiger charge is -2.17. The number of hydrogen-bond donors (Lipinski definition) is 2. The third kappa shape index (κ3) is 7.78. The predicted molar refractivity (Wildman–Crippen MR) is 116 cm³/mol. The lowest BCUT2D eigenvalue weighted by atomic mass is 10.1. The Kier molecular flexibility index (Phi) is 8.40. The fourth-order valence-electron chi connectivity index (χ4n) is 2.72. The lowest BCUT2D eigenvalue weighted by Crippen LogP contribution is -2.39. The van der Waals surface area contributed by atoms with Crippen molar-refractivity contribution in [3.63, 3.8) is 0 Å². The van der Waals surface area contributed by atoms with Crippen molar-refractivity contribution in [2.24, 2.45) is 5.16 Å². The van der Waals surface area contributed by atoms with Gasteiger partial charge in [-0.05, 0) is 56.9 Å². The molecule has 0 aliphatic carbocycles. The topological polar surface area (TPSA) is 79.8 Å². The number of amides is 2. The summed E-state index contributed by atoms with van der Waals surface area (Å²) in [4.78, 5) is 28.8. The largest absolute Gasteiger partial charge is 0.382 e. The molecule has 0 spiro atoms. The first-order valence-corrected chi connectivity index (χ1v) is 9.78. The van der Waals surface area contributed by atoms with Crippen molar-refractivity contribution in [3.8, 4) is 0 Å². The number of nitrogens with zero attached hydrogens (tertiary/aromatic N) is 1. The van der Waals surface area contributed by atoms with Gasteiger partial charge in [-0.1, -0.05) is 47.6 Å². The normalized spacial score (nSPS) is 13.3. The number of oxime groups is 1. The second kappa shape index (κ2) is 11.0. The maximum absolute atomic E-state index is 12.3. The van der Waals surface area contributed by atoms with Gasteiger partial charge in [-0.3, -0.25) is 9.59 Å². The first-order chi connectivity index (χ1) is 13.8. The molecule has 0 saturated heterocycles. The Labute approximate surface area is 172 Å². The minimum Gasteiger partial charge on any atom is -0.382 e. The van der Waals surface area contributed by atoms with Crippen LogP contribution in [0.25, 0.3) is 0 Å². The molecule has 0 heterocycles. The zero-order valence-electron chi connectivity index (χ0n) is 17.4. The molecule has 29 heavy (non-hydrogen) atoms. The zero-order chi connectivity index (χ0) is 21.2. The van der Waals surface area contributed by atoms with Crippen LogP contribution < -0.4 is 10.6 Å². The van der Waals surface area contributed by atoms with E-state index in [1.165, 1.54) is 12.5 Å². The lowest BCUT2D eigenvalue weighted by molar-refractivity contribution is -0.132. The van der Waals surface area contributed by atoms with Crippen LogP contribution in [0.15, 0.2) is 59.8 Å². The van der Waals surface area contributed by atoms with Gasteiger partial charge in [0.2, 0.25) is 12.0 Å². The van der Waals surface area contributed by atoms with Crippen molar-refractivity contribution < 1.29 is 14.4 Å². The van der Waals surface area contributed by atoms with E-state index in [9.17, 15) is 9.59 Å². The average Bonchev–Trinajstić information content (AvgIpc) is 2.71. The summed E-state index contributed by atoms with van der Waals surface area (Å²) in [5.41, 5.74) is 3.47. The first kappa shape index (κ1) is 22.1. The molecular weight excluding hydrogens is 366 g/mol. The molecule has 0 saturated carbocycles. The summed E-state index contributed by atoms with van der Waals surface area (Å²) >= 11 is 0. The molecular formula is C23H29N3O3. The molecule has 2 aromatic carbocycles. The van der Waals surface area contributed by atoms with Crippen molar-refractivity contribution in [2.75, 3.05) is 5.32 Å². The highest BCUT2D eigenvalue weighted by Gasteiger charge is 2.16. The Bertz CT molecular complexity index is 832. The number of anilines is 1. The maximum Gasteiger partial charge on any atom is 0.263 e. The van der Waals surface area contributed by atoms with Crippen LogP contribution in [-0.2, 0) is 20.8 Å². The monoisotopic (exact) mass is 395 g/mol. The van der Waals surface area contributed by atoms with Crippen LogP contribution in [0.4, 0.5) is 5.69 Å². The highest BCUT2D eigenvalue weighted by atomic mass is 16.6. The minimum absolute atomic E-state index is 0.0418. The minimum atomic E-state index is -0.692. The highest BCUT2D eigenvalue weighted by Crippen LogP contribution is 2.11. The summed E-state index contributed by atoms with van der Waals surface area (Å²) in [6.45, 7) is 6.93. The molecule has 0 aliphatic rings. The summed E-state index contributed by atoms with van der Waals surface area (Å²) in [5.74, 6) is -0.313. The van der Waals surface area contributed by atoms with Gasteiger partial charge in [0.25, 0.3) is 5.91 Å². The maximum atomic E-state index is 12.3. The van der Waals surface area contributed by atoms with Gasteiger partial charge in [0, 0.05) is 18.7 Å². The molecule has 0 fully saturated rings. The molecule has 6 nitrogen and oxygen atoms in total. The van der Waals surface area contributed by atoms with Crippen molar-refractivity contribution in [1.82, 2.24) is 5.32 Å². The molecule has 6 heteroatoms. The Hall–Kier alpha value is -3.15. The van der Waals surface area contributed by atoms with Gasteiger partial charge in [0.15, 0.2) is 0 Å². The van der Waals surface area contributed by atoms with E-state index in [1.54, 1.807) is 26.0 Å². The Balaban J connectivity index is 1.81. The van der Waals surface area contributed by atoms with Gasteiger partial charge in [0.1, 0.15) is 0 Å². The second-order valence-electron chi connectivity index (χ2n) is 7.12. The molecule has 154 valence electrons. The molecule has 0 aromatic heterocycles.